The molecule has 4 rings (SSSR count). The normalized spacial score (nSPS) is 26.1. The van der Waals surface area contributed by atoms with Crippen LogP contribution in [0.2, 0.25) is 0 Å². The maximum atomic E-state index is 10.7. The molecule has 1 saturated heterocycles. The number of hydrogen-bond acceptors (Lipinski definition) is 5. The molecule has 1 fully saturated rings. The number of benzene rings is 3. The second-order valence-corrected chi connectivity index (χ2v) is 8.30. The van der Waals surface area contributed by atoms with Crippen LogP contribution in [0.3, 0.4) is 0 Å². The van der Waals surface area contributed by atoms with Crippen LogP contribution in [0, 0.1) is 5.92 Å². The molecule has 5 nitrogen and oxygen atoms in total. The predicted molar refractivity (Wildman–Crippen MR) is 124 cm³/mol. The first kappa shape index (κ1) is 22.6. The fraction of sp³-hybridized carbons (Fsp3) is 0.333. The summed E-state index contributed by atoms with van der Waals surface area (Å²) >= 11 is 0. The van der Waals surface area contributed by atoms with Gasteiger partial charge in [0.25, 0.3) is 0 Å². The first-order valence-corrected chi connectivity index (χ1v) is 11.0. The maximum Gasteiger partial charge on any atom is 0.175 e. The minimum atomic E-state index is -0.847. The van der Waals surface area contributed by atoms with E-state index in [9.17, 15) is 5.11 Å². The van der Waals surface area contributed by atoms with Crippen molar-refractivity contribution < 1.29 is 19.3 Å². The lowest BCUT2D eigenvalue weighted by Crippen LogP contribution is -2.59. The lowest BCUT2D eigenvalue weighted by Gasteiger charge is -2.43. The van der Waals surface area contributed by atoms with Crippen LogP contribution < -0.4 is 5.73 Å². The minimum Gasteiger partial charge on any atom is -0.391 e. The lowest BCUT2D eigenvalue weighted by atomic mass is 9.80. The van der Waals surface area contributed by atoms with E-state index in [1.54, 1.807) is 0 Å². The monoisotopic (exact) mass is 433 g/mol. The Morgan fingerprint density at radius 1 is 0.844 bits per heavy atom. The van der Waals surface area contributed by atoms with Gasteiger partial charge >= 0.3 is 0 Å². The average Bonchev–Trinajstić information content (AvgIpc) is 2.86. The molecule has 3 N–H and O–H groups in total. The molecule has 0 amide bonds. The molecular weight excluding hydrogens is 402 g/mol. The summed E-state index contributed by atoms with van der Waals surface area (Å²) in [4.78, 5) is 0. The summed E-state index contributed by atoms with van der Waals surface area (Å²) in [5.41, 5.74) is 8.30. The van der Waals surface area contributed by atoms with Crippen LogP contribution in [0.5, 0.6) is 0 Å². The highest BCUT2D eigenvalue weighted by Gasteiger charge is 2.44. The number of aliphatic hydroxyl groups is 1. The van der Waals surface area contributed by atoms with E-state index in [4.69, 9.17) is 19.9 Å². The van der Waals surface area contributed by atoms with Crippen LogP contribution in [0.25, 0.3) is 0 Å². The first-order valence-electron chi connectivity index (χ1n) is 11.0. The van der Waals surface area contributed by atoms with Gasteiger partial charge in [-0.05, 0) is 16.7 Å². The number of methoxy groups -OCH3 is 1. The summed E-state index contributed by atoms with van der Waals surface area (Å²) in [5, 5.41) is 10.7. The van der Waals surface area contributed by atoms with Gasteiger partial charge in [0.05, 0.1) is 24.9 Å². The van der Waals surface area contributed by atoms with Gasteiger partial charge in [-0.2, -0.15) is 0 Å². The maximum absolute atomic E-state index is 10.7. The number of nitrogens with two attached hydrogens (primary N) is 1. The van der Waals surface area contributed by atoms with E-state index in [-0.39, 0.29) is 18.6 Å². The van der Waals surface area contributed by atoms with Gasteiger partial charge in [0.2, 0.25) is 0 Å². The summed E-state index contributed by atoms with van der Waals surface area (Å²) in [6.07, 6.45) is -1.82. The molecule has 0 bridgehead atoms. The van der Waals surface area contributed by atoms with E-state index in [2.05, 4.69) is 36.4 Å². The van der Waals surface area contributed by atoms with E-state index in [0.29, 0.717) is 0 Å². The predicted octanol–water partition coefficient (Wildman–Crippen LogP) is 3.69. The smallest absolute Gasteiger partial charge is 0.175 e. The van der Waals surface area contributed by atoms with Gasteiger partial charge in [0, 0.05) is 13.0 Å². The van der Waals surface area contributed by atoms with Crippen molar-refractivity contribution in [2.75, 3.05) is 13.7 Å². The van der Waals surface area contributed by atoms with Gasteiger partial charge in [-0.1, -0.05) is 97.9 Å². The van der Waals surface area contributed by atoms with Gasteiger partial charge in [-0.25, -0.2) is 0 Å². The Labute approximate surface area is 189 Å². The summed E-state index contributed by atoms with van der Waals surface area (Å²) < 4.78 is 18.3. The summed E-state index contributed by atoms with van der Waals surface area (Å²) in [6.45, 7) is 2.18. The van der Waals surface area contributed by atoms with E-state index in [1.807, 2.05) is 61.5 Å². The molecule has 0 aliphatic carbocycles. The molecule has 3 aromatic carbocycles. The Bertz CT molecular complexity index is 868. The van der Waals surface area contributed by atoms with E-state index >= 15 is 0 Å². The number of ether oxygens (including phenoxy) is 3. The fourth-order valence-corrected chi connectivity index (χ4v) is 4.50. The summed E-state index contributed by atoms with van der Waals surface area (Å²) in [6, 6.07) is 30.0. The zero-order valence-electron chi connectivity index (χ0n) is 18.5. The van der Waals surface area contributed by atoms with Crippen LogP contribution >= 0.6 is 0 Å². The van der Waals surface area contributed by atoms with Crippen LogP contribution in [-0.2, 0) is 19.8 Å². The van der Waals surface area contributed by atoms with Crippen molar-refractivity contribution >= 4 is 0 Å². The third kappa shape index (κ3) is 4.22. The quantitative estimate of drug-likeness (QED) is 0.556. The molecule has 1 aliphatic heterocycles. The van der Waals surface area contributed by atoms with Gasteiger partial charge in [-0.15, -0.1) is 0 Å². The SMILES string of the molecule is COC1OC(COC(c2ccccc2)(c2ccccc2)c2ccccc2)C(C)C(O)C1N. The zero-order chi connectivity index (χ0) is 22.6. The summed E-state index contributed by atoms with van der Waals surface area (Å²) in [7, 11) is 1.54. The Hall–Kier alpha value is -2.54. The van der Waals surface area contributed by atoms with Crippen molar-refractivity contribution in [3.63, 3.8) is 0 Å². The van der Waals surface area contributed by atoms with Gasteiger partial charge < -0.3 is 25.1 Å². The van der Waals surface area contributed by atoms with Crippen molar-refractivity contribution in [2.24, 2.45) is 11.7 Å². The number of aliphatic hydroxyl groups excluding tert-OH is 1. The topological polar surface area (TPSA) is 73.9 Å². The Kier molecular flexibility index (Phi) is 7.04. The standard InChI is InChI=1S/C27H31NO4/c1-19-23(32-26(30-2)24(28)25(19)29)18-31-27(20-12-6-3-7-13-20,21-14-8-4-9-15-21)22-16-10-5-11-17-22/h3-17,19,23-26,29H,18,28H2,1-2H3. The third-order valence-electron chi connectivity index (χ3n) is 6.38. The van der Waals surface area contributed by atoms with Crippen LogP contribution in [-0.4, -0.2) is 43.4 Å². The van der Waals surface area contributed by atoms with Gasteiger partial charge in [0.15, 0.2) is 6.29 Å². The highest BCUT2D eigenvalue weighted by Crippen LogP contribution is 2.41. The molecule has 168 valence electrons. The fourth-order valence-electron chi connectivity index (χ4n) is 4.50. The van der Waals surface area contributed by atoms with Crippen LogP contribution in [0.15, 0.2) is 91.0 Å². The molecule has 5 atom stereocenters. The number of rotatable bonds is 7. The Morgan fingerprint density at radius 2 is 1.28 bits per heavy atom. The average molecular weight is 434 g/mol. The second kappa shape index (κ2) is 9.94. The minimum absolute atomic E-state index is 0.212. The Balaban J connectivity index is 1.77. The molecule has 0 radical (unpaired) electrons. The molecule has 5 unspecified atom stereocenters. The highest BCUT2D eigenvalue weighted by atomic mass is 16.7. The van der Waals surface area contributed by atoms with Crippen molar-refractivity contribution in [1.29, 1.82) is 0 Å². The molecule has 3 aromatic rings. The van der Waals surface area contributed by atoms with Crippen LogP contribution in [0.1, 0.15) is 23.6 Å². The molecule has 5 heteroatoms. The van der Waals surface area contributed by atoms with Crippen LogP contribution in [0.4, 0.5) is 0 Å². The lowest BCUT2D eigenvalue weighted by molar-refractivity contribution is -0.248. The molecular formula is C27H31NO4. The van der Waals surface area contributed by atoms with Crippen molar-refractivity contribution in [2.45, 2.75) is 37.1 Å². The largest absolute Gasteiger partial charge is 0.391 e. The highest BCUT2D eigenvalue weighted by molar-refractivity contribution is 5.47. The summed E-state index contributed by atoms with van der Waals surface area (Å²) in [5.74, 6) is -0.212. The van der Waals surface area contributed by atoms with Crippen molar-refractivity contribution in [3.05, 3.63) is 108 Å². The molecule has 0 saturated carbocycles. The second-order valence-electron chi connectivity index (χ2n) is 8.30. The molecule has 0 aromatic heterocycles. The Morgan fingerprint density at radius 3 is 1.69 bits per heavy atom. The molecule has 32 heavy (non-hydrogen) atoms. The van der Waals surface area contributed by atoms with Gasteiger partial charge in [0.1, 0.15) is 5.60 Å². The third-order valence-corrected chi connectivity index (χ3v) is 6.38. The zero-order valence-corrected chi connectivity index (χ0v) is 18.5. The van der Waals surface area contributed by atoms with E-state index in [1.165, 1.54) is 7.11 Å². The first-order chi connectivity index (χ1) is 15.6. The van der Waals surface area contributed by atoms with Crippen molar-refractivity contribution in [3.8, 4) is 0 Å². The van der Waals surface area contributed by atoms with E-state index in [0.717, 1.165) is 16.7 Å². The molecule has 1 heterocycles. The number of hydrogen-bond donors (Lipinski definition) is 2. The molecule has 1 aliphatic rings. The van der Waals surface area contributed by atoms with E-state index < -0.39 is 24.0 Å². The molecule has 0 spiro atoms. The van der Waals surface area contributed by atoms with Crippen molar-refractivity contribution in [1.82, 2.24) is 0 Å². The van der Waals surface area contributed by atoms with Gasteiger partial charge in [-0.3, -0.25) is 0 Å².